The lowest BCUT2D eigenvalue weighted by Gasteiger charge is -2.38. The van der Waals surface area contributed by atoms with Crippen LogP contribution in [-0.4, -0.2) is 65.1 Å². The number of hydrogen-bond acceptors (Lipinski definition) is 9. The topological polar surface area (TPSA) is 124 Å². The van der Waals surface area contributed by atoms with Crippen LogP contribution in [-0.2, 0) is 0 Å². The first-order valence-electron chi connectivity index (χ1n) is 11.9. The summed E-state index contributed by atoms with van der Waals surface area (Å²) >= 11 is 1.28. The van der Waals surface area contributed by atoms with E-state index in [1.165, 1.54) is 11.3 Å². The molecule has 5 N–H and O–H groups in total. The molecule has 0 unspecified atom stereocenters. The number of carbonyl (C=O) groups is 1. The average Bonchev–Trinajstić information content (AvgIpc) is 3.54. The first kappa shape index (κ1) is 23.9. The minimum absolute atomic E-state index is 0.389. The molecule has 1 aliphatic rings. The smallest absolute Gasteiger partial charge is 0.260 e. The van der Waals surface area contributed by atoms with Gasteiger partial charge in [0.15, 0.2) is 0 Å². The highest BCUT2D eigenvalue weighted by Crippen LogP contribution is 2.34. The van der Waals surface area contributed by atoms with Crippen molar-refractivity contribution in [2.45, 2.75) is 19.9 Å². The molecule has 0 spiro atoms. The number of H-pyrrole nitrogens is 1. The van der Waals surface area contributed by atoms with E-state index in [-0.39, 0.29) is 0 Å². The van der Waals surface area contributed by atoms with Gasteiger partial charge >= 0.3 is 0 Å². The van der Waals surface area contributed by atoms with Gasteiger partial charge in [0.05, 0.1) is 23.9 Å². The number of nitrogens with two attached hydrogens (primary N) is 1. The Morgan fingerprint density at radius 1 is 1.11 bits per heavy atom. The second kappa shape index (κ2) is 10.0. The second-order valence-corrected chi connectivity index (χ2v) is 9.83. The van der Waals surface area contributed by atoms with Gasteiger partial charge in [0, 0.05) is 50.2 Å². The molecule has 0 saturated carbocycles. The summed E-state index contributed by atoms with van der Waals surface area (Å²) in [6, 6.07) is 10.4. The Kier molecular flexibility index (Phi) is 6.66. The Balaban J connectivity index is 1.39. The van der Waals surface area contributed by atoms with Gasteiger partial charge in [-0.2, -0.15) is 9.97 Å². The Morgan fingerprint density at radius 3 is 2.64 bits per heavy atom. The van der Waals surface area contributed by atoms with Crippen LogP contribution in [0.5, 0.6) is 5.75 Å². The van der Waals surface area contributed by atoms with Gasteiger partial charge in [-0.3, -0.25) is 9.69 Å². The highest BCUT2D eigenvalue weighted by atomic mass is 32.1. The van der Waals surface area contributed by atoms with Crippen molar-refractivity contribution in [1.82, 2.24) is 19.9 Å². The number of amides is 1. The molecule has 0 atom stereocenters. The Morgan fingerprint density at radius 2 is 1.92 bits per heavy atom. The van der Waals surface area contributed by atoms with Crippen LogP contribution in [0.15, 0.2) is 41.9 Å². The van der Waals surface area contributed by atoms with Crippen LogP contribution < -0.4 is 26.0 Å². The summed E-state index contributed by atoms with van der Waals surface area (Å²) in [4.78, 5) is 29.5. The largest absolute Gasteiger partial charge is 0.494 e. The van der Waals surface area contributed by atoms with E-state index in [0.717, 1.165) is 42.9 Å². The highest BCUT2D eigenvalue weighted by molar-refractivity contribution is 7.12. The molecule has 1 amide bonds. The lowest BCUT2D eigenvalue weighted by Crippen LogP contribution is -2.48. The minimum atomic E-state index is -0.485. The predicted molar refractivity (Wildman–Crippen MR) is 145 cm³/mol. The third-order valence-electron chi connectivity index (χ3n) is 6.40. The molecule has 4 aromatic rings. The van der Waals surface area contributed by atoms with Crippen molar-refractivity contribution in [3.63, 3.8) is 0 Å². The fourth-order valence-corrected chi connectivity index (χ4v) is 5.12. The summed E-state index contributed by atoms with van der Waals surface area (Å²) in [5.74, 6) is 1.17. The maximum Gasteiger partial charge on any atom is 0.260 e. The molecule has 4 heterocycles. The number of hydrogen-bond donors (Lipinski definition) is 4. The molecule has 188 valence electrons. The van der Waals surface area contributed by atoms with Gasteiger partial charge < -0.3 is 31.0 Å². The molecular weight excluding hydrogens is 476 g/mol. The van der Waals surface area contributed by atoms with E-state index in [0.29, 0.717) is 39.8 Å². The van der Waals surface area contributed by atoms with Crippen molar-refractivity contribution in [3.05, 3.63) is 46.8 Å². The van der Waals surface area contributed by atoms with Crippen LogP contribution in [0, 0.1) is 0 Å². The van der Waals surface area contributed by atoms with E-state index in [1.807, 2.05) is 23.6 Å². The van der Waals surface area contributed by atoms with E-state index < -0.39 is 5.91 Å². The van der Waals surface area contributed by atoms with Crippen LogP contribution in [0.25, 0.3) is 11.0 Å². The third-order valence-corrected chi connectivity index (χ3v) is 7.33. The van der Waals surface area contributed by atoms with Gasteiger partial charge in [-0.05, 0) is 43.5 Å². The van der Waals surface area contributed by atoms with Crippen LogP contribution in [0.3, 0.4) is 0 Å². The summed E-state index contributed by atoms with van der Waals surface area (Å²) in [6.07, 6.45) is 1.80. The lowest BCUT2D eigenvalue weighted by atomic mass is 10.2. The number of rotatable bonds is 8. The summed E-state index contributed by atoms with van der Waals surface area (Å²) in [6.45, 7) is 8.52. The number of ether oxygens (including phenoxy) is 1. The molecule has 1 fully saturated rings. The number of nitrogens with one attached hydrogen (secondary N) is 3. The number of piperazine rings is 1. The van der Waals surface area contributed by atoms with Gasteiger partial charge in [-0.1, -0.05) is 0 Å². The molecule has 3 aromatic heterocycles. The fraction of sp³-hybridized carbons (Fsp3) is 0.320. The van der Waals surface area contributed by atoms with Crippen molar-refractivity contribution in [3.8, 4) is 5.75 Å². The van der Waals surface area contributed by atoms with Gasteiger partial charge in [0.1, 0.15) is 22.1 Å². The van der Waals surface area contributed by atoms with Crippen molar-refractivity contribution >= 4 is 57.1 Å². The van der Waals surface area contributed by atoms with Gasteiger partial charge in [-0.15, -0.1) is 11.3 Å². The van der Waals surface area contributed by atoms with Crippen LogP contribution in [0.4, 0.5) is 28.8 Å². The maximum atomic E-state index is 11.8. The highest BCUT2D eigenvalue weighted by Gasteiger charge is 2.20. The number of aromatic amines is 1. The van der Waals surface area contributed by atoms with Crippen LogP contribution in [0.1, 0.15) is 23.5 Å². The maximum absolute atomic E-state index is 11.8. The number of aromatic nitrogens is 3. The van der Waals surface area contributed by atoms with Crippen LogP contribution >= 0.6 is 11.3 Å². The number of benzene rings is 1. The molecule has 5 rings (SSSR count). The average molecular weight is 507 g/mol. The second-order valence-electron chi connectivity index (χ2n) is 8.91. The van der Waals surface area contributed by atoms with E-state index in [9.17, 15) is 4.79 Å². The van der Waals surface area contributed by atoms with Crippen LogP contribution in [0.2, 0.25) is 0 Å². The molecule has 1 saturated heterocycles. The minimum Gasteiger partial charge on any atom is -0.494 e. The molecule has 1 aromatic carbocycles. The predicted octanol–water partition coefficient (Wildman–Crippen LogP) is 4.14. The van der Waals surface area contributed by atoms with E-state index in [1.54, 1.807) is 19.4 Å². The molecule has 0 aliphatic carbocycles. The number of fused-ring (bicyclic) bond motifs is 1. The molecule has 10 nitrogen and oxygen atoms in total. The number of carbonyl (C=O) groups excluding carboxylic acids is 1. The molecule has 1 aliphatic heterocycles. The zero-order valence-electron chi connectivity index (χ0n) is 20.5. The van der Waals surface area contributed by atoms with Gasteiger partial charge in [0.2, 0.25) is 5.95 Å². The van der Waals surface area contributed by atoms with E-state index in [2.05, 4.69) is 55.3 Å². The van der Waals surface area contributed by atoms with E-state index in [4.69, 9.17) is 10.5 Å². The fourth-order valence-electron chi connectivity index (χ4n) is 4.42. The van der Waals surface area contributed by atoms with Crippen molar-refractivity contribution in [1.29, 1.82) is 0 Å². The first-order valence-corrected chi connectivity index (χ1v) is 12.7. The third kappa shape index (κ3) is 4.79. The summed E-state index contributed by atoms with van der Waals surface area (Å²) < 4.78 is 5.71. The van der Waals surface area contributed by atoms with E-state index >= 15 is 0 Å². The number of thiophene rings is 1. The number of nitrogens with zero attached hydrogens (tertiary/aromatic N) is 4. The number of primary amides is 1. The number of methoxy groups -OCH3 is 1. The lowest BCUT2D eigenvalue weighted by molar-refractivity contribution is 0.100. The Labute approximate surface area is 213 Å². The SMILES string of the molecule is COc1cc(N2CCN(C(C)C)CC2)ccc1Nc1nc(Nc2ccsc2C(N)=O)c2cc[nH]c2n1. The number of anilines is 5. The first-order chi connectivity index (χ1) is 17.4. The molecule has 0 bridgehead atoms. The standard InChI is InChI=1S/C25H30N8O2S/c1-15(2)32-9-11-33(12-10-32)16-4-5-18(20(14-16)35-3)29-25-30-23-17(6-8-27-23)24(31-25)28-19-7-13-36-21(19)22(26)34/h4-8,13-15H,9-12H2,1-3H3,(H2,26,34)(H3,27,28,29,30,31). The normalized spacial score (nSPS) is 14.4. The van der Waals surface area contributed by atoms with Crippen molar-refractivity contribution in [2.24, 2.45) is 5.73 Å². The quantitative estimate of drug-likeness (QED) is 0.281. The van der Waals surface area contributed by atoms with Crippen molar-refractivity contribution in [2.75, 3.05) is 48.8 Å². The zero-order valence-corrected chi connectivity index (χ0v) is 21.4. The molecule has 0 radical (unpaired) electrons. The Hall–Kier alpha value is -3.83. The van der Waals surface area contributed by atoms with Gasteiger partial charge in [-0.25, -0.2) is 0 Å². The molecule has 36 heavy (non-hydrogen) atoms. The summed E-state index contributed by atoms with van der Waals surface area (Å²) in [5.41, 5.74) is 8.67. The monoisotopic (exact) mass is 506 g/mol. The Bertz CT molecular complexity index is 1370. The molecule has 11 heteroatoms. The zero-order chi connectivity index (χ0) is 25.2. The molecular formula is C25H30N8O2S. The van der Waals surface area contributed by atoms with Gasteiger partial charge in [0.25, 0.3) is 5.91 Å². The van der Waals surface area contributed by atoms with Crippen molar-refractivity contribution < 1.29 is 9.53 Å². The summed E-state index contributed by atoms with van der Waals surface area (Å²) in [7, 11) is 1.66. The summed E-state index contributed by atoms with van der Waals surface area (Å²) in [5, 5.41) is 9.14.